The molecule has 0 spiro atoms. The van der Waals surface area contributed by atoms with Gasteiger partial charge in [-0.3, -0.25) is 0 Å². The van der Waals surface area contributed by atoms with E-state index in [0.717, 1.165) is 31.2 Å². The Balaban J connectivity index is 0.00000264. The van der Waals surface area contributed by atoms with Crippen LogP contribution >= 0.6 is 24.0 Å². The highest BCUT2D eigenvalue weighted by atomic mass is 127. The van der Waals surface area contributed by atoms with Crippen LogP contribution in [0.1, 0.15) is 25.3 Å². The average molecular weight is 434 g/mol. The van der Waals surface area contributed by atoms with Crippen LogP contribution < -0.4 is 10.1 Å². The fourth-order valence-electron chi connectivity index (χ4n) is 2.41. The zero-order chi connectivity index (χ0) is 15.6. The van der Waals surface area contributed by atoms with Gasteiger partial charge in [-0.15, -0.1) is 24.0 Å². The van der Waals surface area contributed by atoms with Crippen molar-refractivity contribution in [2.45, 2.75) is 26.3 Å². The first kappa shape index (κ1) is 20.0. The van der Waals surface area contributed by atoms with Gasteiger partial charge in [-0.2, -0.15) is 0 Å². The van der Waals surface area contributed by atoms with Crippen LogP contribution in [0.4, 0.5) is 0 Å². The maximum Gasteiger partial charge on any atom is 0.218 e. The number of nitrogens with zero attached hydrogens (tertiary/aromatic N) is 3. The third-order valence-electron chi connectivity index (χ3n) is 3.52. The largest absolute Gasteiger partial charge is 0.475 e. The van der Waals surface area contributed by atoms with Crippen LogP contribution in [0, 0.1) is 0 Å². The van der Waals surface area contributed by atoms with E-state index in [1.807, 2.05) is 12.1 Å². The first-order valence-corrected chi connectivity index (χ1v) is 7.94. The van der Waals surface area contributed by atoms with Crippen LogP contribution in [0.3, 0.4) is 0 Å². The number of pyridine rings is 1. The summed E-state index contributed by atoms with van der Waals surface area (Å²) in [4.78, 5) is 11.3. The van der Waals surface area contributed by atoms with Crippen LogP contribution in [0.2, 0.25) is 0 Å². The highest BCUT2D eigenvalue weighted by Crippen LogP contribution is 2.16. The number of methoxy groups -OCH3 is 1. The molecule has 1 aromatic heterocycles. The Labute approximate surface area is 155 Å². The van der Waals surface area contributed by atoms with Crippen molar-refractivity contribution in [2.75, 3.05) is 40.0 Å². The van der Waals surface area contributed by atoms with Gasteiger partial charge in [0.1, 0.15) is 6.61 Å². The maximum absolute atomic E-state index is 5.66. The van der Waals surface area contributed by atoms with Crippen molar-refractivity contribution in [1.29, 1.82) is 0 Å². The lowest BCUT2D eigenvalue weighted by atomic mass is 10.3. The lowest BCUT2D eigenvalue weighted by molar-refractivity contribution is 0.143. The molecule has 2 rings (SSSR count). The average Bonchev–Trinajstić information content (AvgIpc) is 3.07. The maximum atomic E-state index is 5.66. The Bertz CT molecular complexity index is 479. The number of guanidine groups is 1. The number of nitrogens with one attached hydrogen (secondary N) is 1. The molecule has 0 bridgehead atoms. The molecule has 130 valence electrons. The van der Waals surface area contributed by atoms with Crippen LogP contribution in [0.25, 0.3) is 0 Å². The molecule has 0 radical (unpaired) electrons. The van der Waals surface area contributed by atoms with E-state index in [4.69, 9.17) is 14.5 Å². The number of likely N-dealkylation sites (tertiary alicyclic amines) is 1. The number of halogens is 1. The van der Waals surface area contributed by atoms with Gasteiger partial charge in [0.25, 0.3) is 0 Å². The molecule has 23 heavy (non-hydrogen) atoms. The standard InChI is InChI=1S/C16H26N4O2.HI/c1-3-17-16(20-9-4-5-10-20)19-13-14-7-6-8-18-15(14)22-12-11-21-2;/h6-8H,3-5,9-13H2,1-2H3,(H,17,19);1H. The minimum absolute atomic E-state index is 0. The third kappa shape index (κ3) is 6.50. The molecule has 1 aromatic rings. The predicted molar refractivity (Wildman–Crippen MR) is 103 cm³/mol. The highest BCUT2D eigenvalue weighted by molar-refractivity contribution is 14.0. The summed E-state index contributed by atoms with van der Waals surface area (Å²) in [5, 5.41) is 3.36. The number of rotatable bonds is 7. The molecule has 7 heteroatoms. The highest BCUT2D eigenvalue weighted by Gasteiger charge is 2.15. The van der Waals surface area contributed by atoms with E-state index >= 15 is 0 Å². The molecule has 1 fully saturated rings. The van der Waals surface area contributed by atoms with Crippen LogP contribution in [-0.2, 0) is 11.3 Å². The second-order valence-corrected chi connectivity index (χ2v) is 5.17. The van der Waals surface area contributed by atoms with Crippen molar-refractivity contribution in [1.82, 2.24) is 15.2 Å². The van der Waals surface area contributed by atoms with Crippen LogP contribution in [0.5, 0.6) is 5.88 Å². The number of aromatic nitrogens is 1. The number of ether oxygens (including phenoxy) is 2. The van der Waals surface area contributed by atoms with E-state index in [9.17, 15) is 0 Å². The van der Waals surface area contributed by atoms with E-state index in [2.05, 4.69) is 22.1 Å². The molecular formula is C16H27IN4O2. The fourth-order valence-corrected chi connectivity index (χ4v) is 2.41. The van der Waals surface area contributed by atoms with Gasteiger partial charge in [0.15, 0.2) is 5.96 Å². The molecule has 0 aromatic carbocycles. The van der Waals surface area contributed by atoms with E-state index in [-0.39, 0.29) is 24.0 Å². The summed E-state index contributed by atoms with van der Waals surface area (Å²) in [5.74, 6) is 1.62. The van der Waals surface area contributed by atoms with Crippen molar-refractivity contribution in [3.63, 3.8) is 0 Å². The summed E-state index contributed by atoms with van der Waals surface area (Å²) in [6.45, 7) is 6.74. The minimum Gasteiger partial charge on any atom is -0.475 e. The molecule has 0 atom stereocenters. The fraction of sp³-hybridized carbons (Fsp3) is 0.625. The number of hydrogen-bond donors (Lipinski definition) is 1. The molecule has 0 unspecified atom stereocenters. The molecule has 1 aliphatic heterocycles. The van der Waals surface area contributed by atoms with Gasteiger partial charge in [-0.1, -0.05) is 6.07 Å². The summed E-state index contributed by atoms with van der Waals surface area (Å²) in [6, 6.07) is 3.92. The van der Waals surface area contributed by atoms with E-state index in [1.165, 1.54) is 12.8 Å². The molecule has 2 heterocycles. The van der Waals surface area contributed by atoms with E-state index in [0.29, 0.717) is 25.6 Å². The predicted octanol–water partition coefficient (Wildman–Crippen LogP) is 2.29. The molecule has 0 amide bonds. The van der Waals surface area contributed by atoms with Gasteiger partial charge in [-0.05, 0) is 25.8 Å². The van der Waals surface area contributed by atoms with Crippen LogP contribution in [0.15, 0.2) is 23.3 Å². The molecule has 1 N–H and O–H groups in total. The lowest BCUT2D eigenvalue weighted by Gasteiger charge is -2.20. The lowest BCUT2D eigenvalue weighted by Crippen LogP contribution is -2.39. The van der Waals surface area contributed by atoms with Crippen molar-refractivity contribution in [3.05, 3.63) is 23.9 Å². The van der Waals surface area contributed by atoms with Crippen molar-refractivity contribution < 1.29 is 9.47 Å². The van der Waals surface area contributed by atoms with E-state index < -0.39 is 0 Å². The van der Waals surface area contributed by atoms with Crippen molar-refractivity contribution in [2.24, 2.45) is 4.99 Å². The molecular weight excluding hydrogens is 407 g/mol. The van der Waals surface area contributed by atoms with Crippen molar-refractivity contribution >= 4 is 29.9 Å². The summed E-state index contributed by atoms with van der Waals surface area (Å²) < 4.78 is 10.7. The first-order valence-electron chi connectivity index (χ1n) is 7.94. The van der Waals surface area contributed by atoms with Gasteiger partial charge in [0.2, 0.25) is 5.88 Å². The Morgan fingerprint density at radius 1 is 1.35 bits per heavy atom. The Morgan fingerprint density at radius 2 is 2.13 bits per heavy atom. The number of aliphatic imine (C=N–C) groups is 1. The SMILES string of the molecule is CCNC(=NCc1cccnc1OCCOC)N1CCCC1.I. The Kier molecular flexibility index (Phi) is 9.93. The monoisotopic (exact) mass is 434 g/mol. The Hall–Kier alpha value is -1.09. The van der Waals surface area contributed by atoms with Gasteiger partial charge in [0.05, 0.1) is 13.2 Å². The molecule has 0 aliphatic carbocycles. The smallest absolute Gasteiger partial charge is 0.218 e. The zero-order valence-corrected chi connectivity index (χ0v) is 16.3. The first-order chi connectivity index (χ1) is 10.8. The summed E-state index contributed by atoms with van der Waals surface area (Å²) in [6.07, 6.45) is 4.21. The summed E-state index contributed by atoms with van der Waals surface area (Å²) in [7, 11) is 1.66. The summed E-state index contributed by atoms with van der Waals surface area (Å²) >= 11 is 0. The van der Waals surface area contributed by atoms with Gasteiger partial charge in [-0.25, -0.2) is 9.98 Å². The normalized spacial score (nSPS) is 14.5. The minimum atomic E-state index is 0. The van der Waals surface area contributed by atoms with Crippen molar-refractivity contribution in [3.8, 4) is 5.88 Å². The zero-order valence-electron chi connectivity index (χ0n) is 14.0. The van der Waals surface area contributed by atoms with Gasteiger partial charge in [0, 0.05) is 38.5 Å². The molecule has 1 aliphatic rings. The topological polar surface area (TPSA) is 59.0 Å². The molecule has 6 nitrogen and oxygen atoms in total. The second-order valence-electron chi connectivity index (χ2n) is 5.17. The third-order valence-corrected chi connectivity index (χ3v) is 3.52. The van der Waals surface area contributed by atoms with Crippen LogP contribution in [-0.4, -0.2) is 55.8 Å². The second kappa shape index (κ2) is 11.4. The number of hydrogen-bond acceptors (Lipinski definition) is 4. The van der Waals surface area contributed by atoms with Gasteiger partial charge >= 0.3 is 0 Å². The molecule has 0 saturated carbocycles. The summed E-state index contributed by atoms with van der Waals surface area (Å²) in [5.41, 5.74) is 0.994. The Morgan fingerprint density at radius 3 is 2.83 bits per heavy atom. The van der Waals surface area contributed by atoms with Gasteiger partial charge < -0.3 is 19.7 Å². The van der Waals surface area contributed by atoms with E-state index in [1.54, 1.807) is 13.3 Å². The quantitative estimate of drug-likeness (QED) is 0.309. The molecule has 1 saturated heterocycles.